The van der Waals surface area contributed by atoms with Crippen LogP contribution in [-0.2, 0) is 0 Å². The number of methoxy groups -OCH3 is 1. The molecule has 7 heteroatoms. The van der Waals surface area contributed by atoms with Gasteiger partial charge in [0.15, 0.2) is 17.4 Å². The van der Waals surface area contributed by atoms with Crippen molar-refractivity contribution in [3.05, 3.63) is 54.0 Å². The Hall–Kier alpha value is -2.28. The molecule has 0 spiro atoms. The highest BCUT2D eigenvalue weighted by molar-refractivity contribution is 7.99. The molecule has 2 aromatic carbocycles. The first-order chi connectivity index (χ1) is 10.6. The number of rotatable bonds is 3. The van der Waals surface area contributed by atoms with E-state index in [2.05, 4.69) is 9.97 Å². The number of para-hydroxylation sites is 2. The summed E-state index contributed by atoms with van der Waals surface area (Å²) >= 11 is 0.846. The van der Waals surface area contributed by atoms with E-state index in [0.717, 1.165) is 17.8 Å². The van der Waals surface area contributed by atoms with E-state index in [0.29, 0.717) is 16.1 Å². The van der Waals surface area contributed by atoms with Crippen molar-refractivity contribution in [3.63, 3.8) is 0 Å². The van der Waals surface area contributed by atoms with E-state index in [9.17, 15) is 13.2 Å². The summed E-state index contributed by atoms with van der Waals surface area (Å²) in [5, 5.41) is 0.366. The molecule has 0 aliphatic carbocycles. The predicted octanol–water partition coefficient (Wildman–Crippen LogP) is 4.21. The van der Waals surface area contributed by atoms with E-state index >= 15 is 0 Å². The molecule has 0 N–H and O–H groups in total. The fourth-order valence-corrected chi connectivity index (χ4v) is 2.70. The lowest BCUT2D eigenvalue weighted by atomic mass is 10.3. The molecule has 0 saturated heterocycles. The van der Waals surface area contributed by atoms with Crippen LogP contribution in [0.2, 0.25) is 0 Å². The van der Waals surface area contributed by atoms with Gasteiger partial charge in [-0.05, 0) is 12.1 Å². The molecule has 0 atom stereocenters. The van der Waals surface area contributed by atoms with Crippen molar-refractivity contribution < 1.29 is 17.9 Å². The van der Waals surface area contributed by atoms with Gasteiger partial charge in [0.25, 0.3) is 0 Å². The molecule has 112 valence electrons. The molecule has 22 heavy (non-hydrogen) atoms. The van der Waals surface area contributed by atoms with Crippen molar-refractivity contribution >= 4 is 22.8 Å². The van der Waals surface area contributed by atoms with Crippen molar-refractivity contribution in [2.24, 2.45) is 0 Å². The second kappa shape index (κ2) is 5.84. The SMILES string of the molecule is COc1cc(Sc2cnc3ccccc3n2)c(F)c(F)c1F. The Morgan fingerprint density at radius 2 is 1.73 bits per heavy atom. The first-order valence-electron chi connectivity index (χ1n) is 6.21. The molecule has 3 rings (SSSR count). The third-order valence-electron chi connectivity index (χ3n) is 2.94. The number of nitrogens with zero attached hydrogens (tertiary/aromatic N) is 2. The minimum absolute atomic E-state index is 0.125. The predicted molar refractivity (Wildman–Crippen MR) is 76.5 cm³/mol. The number of hydrogen-bond donors (Lipinski definition) is 0. The molecule has 0 aliphatic rings. The summed E-state index contributed by atoms with van der Waals surface area (Å²) < 4.78 is 45.5. The summed E-state index contributed by atoms with van der Waals surface area (Å²) in [7, 11) is 1.18. The average Bonchev–Trinajstić information content (AvgIpc) is 2.55. The molecule has 0 amide bonds. The monoisotopic (exact) mass is 322 g/mol. The zero-order valence-corrected chi connectivity index (χ0v) is 12.1. The molecule has 0 unspecified atom stereocenters. The highest BCUT2D eigenvalue weighted by Gasteiger charge is 2.20. The van der Waals surface area contributed by atoms with Gasteiger partial charge in [0, 0.05) is 6.07 Å². The molecule has 0 fully saturated rings. The Kier molecular flexibility index (Phi) is 3.89. The fourth-order valence-electron chi connectivity index (χ4n) is 1.88. The first-order valence-corrected chi connectivity index (χ1v) is 7.03. The van der Waals surface area contributed by atoms with Gasteiger partial charge < -0.3 is 4.74 Å². The molecule has 0 radical (unpaired) electrons. The molecular formula is C15H9F3N2OS. The van der Waals surface area contributed by atoms with Gasteiger partial charge in [-0.25, -0.2) is 13.8 Å². The van der Waals surface area contributed by atoms with Gasteiger partial charge in [-0.15, -0.1) is 0 Å². The normalized spacial score (nSPS) is 10.9. The molecule has 0 bridgehead atoms. The Morgan fingerprint density at radius 3 is 2.45 bits per heavy atom. The van der Waals surface area contributed by atoms with Crippen LogP contribution >= 0.6 is 11.8 Å². The lowest BCUT2D eigenvalue weighted by Gasteiger charge is -2.08. The highest BCUT2D eigenvalue weighted by Crippen LogP contribution is 2.35. The van der Waals surface area contributed by atoms with Crippen molar-refractivity contribution in [2.45, 2.75) is 9.92 Å². The van der Waals surface area contributed by atoms with E-state index in [1.165, 1.54) is 13.3 Å². The third kappa shape index (κ3) is 2.59. The largest absolute Gasteiger partial charge is 0.494 e. The van der Waals surface area contributed by atoms with Crippen LogP contribution in [0.4, 0.5) is 13.2 Å². The summed E-state index contributed by atoms with van der Waals surface area (Å²) in [6.07, 6.45) is 1.44. The van der Waals surface area contributed by atoms with E-state index in [4.69, 9.17) is 4.74 Å². The average molecular weight is 322 g/mol. The van der Waals surface area contributed by atoms with Crippen LogP contribution in [0.5, 0.6) is 5.75 Å². The van der Waals surface area contributed by atoms with Crippen molar-refractivity contribution in [3.8, 4) is 5.75 Å². The van der Waals surface area contributed by atoms with Crippen LogP contribution in [0.15, 0.2) is 46.5 Å². The molecule has 3 nitrogen and oxygen atoms in total. The second-order valence-corrected chi connectivity index (χ2v) is 5.38. The van der Waals surface area contributed by atoms with Crippen LogP contribution in [-0.4, -0.2) is 17.1 Å². The molecular weight excluding hydrogens is 313 g/mol. The van der Waals surface area contributed by atoms with Gasteiger partial charge >= 0.3 is 0 Å². The summed E-state index contributed by atoms with van der Waals surface area (Å²) in [4.78, 5) is 8.36. The Bertz CT molecular complexity index is 858. The minimum atomic E-state index is -1.57. The van der Waals surface area contributed by atoms with Gasteiger partial charge in [-0.1, -0.05) is 23.9 Å². The van der Waals surface area contributed by atoms with Crippen molar-refractivity contribution in [1.29, 1.82) is 0 Å². The van der Waals surface area contributed by atoms with Crippen LogP contribution in [0.3, 0.4) is 0 Å². The number of fused-ring (bicyclic) bond motifs is 1. The molecule has 0 aliphatic heterocycles. The van der Waals surface area contributed by atoms with E-state index < -0.39 is 17.5 Å². The van der Waals surface area contributed by atoms with Crippen LogP contribution in [0.1, 0.15) is 0 Å². The summed E-state index contributed by atoms with van der Waals surface area (Å²) in [5.41, 5.74) is 1.32. The zero-order chi connectivity index (χ0) is 15.7. The summed E-state index contributed by atoms with van der Waals surface area (Å²) in [6, 6.07) is 8.26. The highest BCUT2D eigenvalue weighted by atomic mass is 32.2. The molecule has 0 saturated carbocycles. The molecule has 3 aromatic rings. The molecule has 1 heterocycles. The lowest BCUT2D eigenvalue weighted by molar-refractivity contribution is 0.355. The van der Waals surface area contributed by atoms with Crippen molar-refractivity contribution in [1.82, 2.24) is 9.97 Å². The number of hydrogen-bond acceptors (Lipinski definition) is 4. The van der Waals surface area contributed by atoms with Gasteiger partial charge in [0.05, 0.1) is 29.2 Å². The smallest absolute Gasteiger partial charge is 0.203 e. The fraction of sp³-hybridized carbons (Fsp3) is 0.0667. The number of benzene rings is 2. The number of halogens is 3. The first kappa shape index (κ1) is 14.6. The zero-order valence-electron chi connectivity index (χ0n) is 11.3. The Labute approximate surface area is 128 Å². The quantitative estimate of drug-likeness (QED) is 0.677. The van der Waals surface area contributed by atoms with Crippen LogP contribution < -0.4 is 4.74 Å². The van der Waals surface area contributed by atoms with E-state index in [1.54, 1.807) is 18.2 Å². The number of ether oxygens (including phenoxy) is 1. The number of aromatic nitrogens is 2. The van der Waals surface area contributed by atoms with Crippen LogP contribution in [0.25, 0.3) is 11.0 Å². The van der Waals surface area contributed by atoms with Gasteiger partial charge in [-0.2, -0.15) is 4.39 Å². The Morgan fingerprint density at radius 1 is 1.00 bits per heavy atom. The second-order valence-electron chi connectivity index (χ2n) is 4.32. The van der Waals surface area contributed by atoms with Gasteiger partial charge in [-0.3, -0.25) is 4.98 Å². The maximum atomic E-state index is 13.8. The summed E-state index contributed by atoms with van der Waals surface area (Å²) in [5.74, 6) is -4.57. The minimum Gasteiger partial charge on any atom is -0.494 e. The van der Waals surface area contributed by atoms with Crippen molar-refractivity contribution in [2.75, 3.05) is 7.11 Å². The maximum absolute atomic E-state index is 13.8. The molecule has 1 aromatic heterocycles. The van der Waals surface area contributed by atoms with Crippen LogP contribution in [0, 0.1) is 17.5 Å². The Balaban J connectivity index is 2.02. The standard InChI is InChI=1S/C15H9F3N2OS/c1-21-10-6-11(14(17)15(18)13(10)16)22-12-7-19-8-4-2-3-5-9(8)20-12/h2-7H,1H3. The topological polar surface area (TPSA) is 35.0 Å². The lowest BCUT2D eigenvalue weighted by Crippen LogP contribution is -1.98. The van der Waals surface area contributed by atoms with E-state index in [-0.39, 0.29) is 10.6 Å². The maximum Gasteiger partial charge on any atom is 0.203 e. The third-order valence-corrected chi connectivity index (χ3v) is 3.86. The van der Waals surface area contributed by atoms with Gasteiger partial charge in [0.1, 0.15) is 5.03 Å². The van der Waals surface area contributed by atoms with E-state index in [1.807, 2.05) is 6.07 Å². The summed E-state index contributed by atoms with van der Waals surface area (Å²) in [6.45, 7) is 0. The van der Waals surface area contributed by atoms with Gasteiger partial charge in [0.2, 0.25) is 5.82 Å².